The molecule has 0 aliphatic carbocycles. The Morgan fingerprint density at radius 3 is 1.36 bits per heavy atom. The van der Waals surface area contributed by atoms with Crippen molar-refractivity contribution < 1.29 is 24.2 Å². The summed E-state index contributed by atoms with van der Waals surface area (Å²) >= 11 is 0. The highest BCUT2D eigenvalue weighted by molar-refractivity contribution is 5.70. The maximum Gasteiger partial charge on any atom is 0.306 e. The van der Waals surface area contributed by atoms with Gasteiger partial charge in [-0.15, -0.1) is 0 Å². The molecule has 0 aliphatic heterocycles. The van der Waals surface area contributed by atoms with Gasteiger partial charge in [0.05, 0.1) is 6.61 Å². The van der Waals surface area contributed by atoms with Crippen LogP contribution < -0.4 is 0 Å². The van der Waals surface area contributed by atoms with Gasteiger partial charge in [-0.25, -0.2) is 0 Å². The van der Waals surface area contributed by atoms with E-state index in [-0.39, 0.29) is 25.2 Å². The number of hydrogen-bond donors (Lipinski definition) is 1. The predicted molar refractivity (Wildman–Crippen MR) is 178 cm³/mol. The number of aliphatic hydroxyl groups excluding tert-OH is 1. The van der Waals surface area contributed by atoms with Crippen LogP contribution in [0.25, 0.3) is 0 Å². The number of hydrogen-bond acceptors (Lipinski definition) is 5. The molecule has 0 spiro atoms. The molecule has 0 saturated heterocycles. The van der Waals surface area contributed by atoms with Crippen LogP contribution in [0.4, 0.5) is 0 Å². The minimum atomic E-state index is -0.767. The van der Waals surface area contributed by atoms with E-state index in [1.165, 1.54) is 122 Å². The lowest BCUT2D eigenvalue weighted by Crippen LogP contribution is -2.28. The number of carbonyl (C=O) groups excluding carboxylic acids is 2. The molecule has 42 heavy (non-hydrogen) atoms. The number of rotatable bonds is 33. The molecule has 0 aromatic rings. The summed E-state index contributed by atoms with van der Waals surface area (Å²) in [6.45, 7) is 4.10. The van der Waals surface area contributed by atoms with E-state index in [4.69, 9.17) is 9.47 Å². The number of unbranched alkanes of at least 4 members (excludes halogenated alkanes) is 23. The Hall–Kier alpha value is -1.36. The van der Waals surface area contributed by atoms with Gasteiger partial charge in [0.25, 0.3) is 0 Å². The van der Waals surface area contributed by atoms with E-state index in [2.05, 4.69) is 26.0 Å². The van der Waals surface area contributed by atoms with Gasteiger partial charge in [-0.2, -0.15) is 0 Å². The summed E-state index contributed by atoms with van der Waals surface area (Å²) in [5, 5.41) is 9.51. The summed E-state index contributed by atoms with van der Waals surface area (Å²) in [5.41, 5.74) is 0. The first-order chi connectivity index (χ1) is 20.6. The molecule has 0 bridgehead atoms. The monoisotopic (exact) mass is 595 g/mol. The van der Waals surface area contributed by atoms with E-state index in [0.717, 1.165) is 44.9 Å². The highest BCUT2D eigenvalue weighted by atomic mass is 16.6. The van der Waals surface area contributed by atoms with Crippen molar-refractivity contribution in [1.29, 1.82) is 0 Å². The van der Waals surface area contributed by atoms with Crippen LogP contribution in [0.15, 0.2) is 12.2 Å². The average Bonchev–Trinajstić information content (AvgIpc) is 2.99. The fourth-order valence-corrected chi connectivity index (χ4v) is 5.24. The van der Waals surface area contributed by atoms with Gasteiger partial charge in [-0.1, -0.05) is 161 Å². The van der Waals surface area contributed by atoms with Gasteiger partial charge < -0.3 is 14.6 Å². The van der Waals surface area contributed by atoms with Crippen molar-refractivity contribution in [2.45, 2.75) is 200 Å². The molecular formula is C37H70O5. The van der Waals surface area contributed by atoms with Crippen LogP contribution in [0.1, 0.15) is 194 Å². The lowest BCUT2D eigenvalue weighted by Gasteiger charge is -2.15. The molecule has 0 radical (unpaired) electrons. The Morgan fingerprint density at radius 1 is 0.524 bits per heavy atom. The molecule has 0 saturated carbocycles. The Morgan fingerprint density at radius 2 is 0.905 bits per heavy atom. The van der Waals surface area contributed by atoms with Crippen molar-refractivity contribution in [3.63, 3.8) is 0 Å². The van der Waals surface area contributed by atoms with Gasteiger partial charge in [-0.3, -0.25) is 9.59 Å². The molecule has 0 heterocycles. The minimum Gasteiger partial charge on any atom is -0.462 e. The number of carbonyl (C=O) groups is 2. The summed E-state index contributed by atoms with van der Waals surface area (Å²) in [5.74, 6) is -0.595. The van der Waals surface area contributed by atoms with Crippen LogP contribution in [-0.4, -0.2) is 36.4 Å². The van der Waals surface area contributed by atoms with Gasteiger partial charge in [0, 0.05) is 12.8 Å². The second-order valence-corrected chi connectivity index (χ2v) is 12.3. The smallest absolute Gasteiger partial charge is 0.306 e. The molecule has 0 aromatic heterocycles. The number of esters is 2. The zero-order valence-electron chi connectivity index (χ0n) is 28.0. The van der Waals surface area contributed by atoms with Gasteiger partial charge in [-0.05, 0) is 32.1 Å². The van der Waals surface area contributed by atoms with Crippen LogP contribution in [-0.2, 0) is 19.1 Å². The molecule has 5 heteroatoms. The molecule has 0 amide bonds. The fourth-order valence-electron chi connectivity index (χ4n) is 5.24. The molecule has 1 atom stereocenters. The van der Waals surface area contributed by atoms with E-state index in [1.807, 2.05) is 0 Å². The number of aliphatic hydroxyl groups is 1. The summed E-state index contributed by atoms with van der Waals surface area (Å²) in [6.07, 6.45) is 37.0. The van der Waals surface area contributed by atoms with Crippen LogP contribution in [0, 0.1) is 0 Å². The maximum atomic E-state index is 12.1. The van der Waals surface area contributed by atoms with E-state index >= 15 is 0 Å². The normalized spacial score (nSPS) is 12.2. The third kappa shape index (κ3) is 31.6. The van der Waals surface area contributed by atoms with Gasteiger partial charge >= 0.3 is 11.9 Å². The zero-order chi connectivity index (χ0) is 30.8. The average molecular weight is 595 g/mol. The molecule has 0 aromatic carbocycles. The second-order valence-electron chi connectivity index (χ2n) is 12.3. The summed E-state index contributed by atoms with van der Waals surface area (Å²) in [7, 11) is 0. The first-order valence-electron chi connectivity index (χ1n) is 18.2. The second kappa shape index (κ2) is 34.1. The molecule has 0 rings (SSSR count). The van der Waals surface area contributed by atoms with Gasteiger partial charge in [0.1, 0.15) is 6.61 Å². The topological polar surface area (TPSA) is 72.8 Å². The van der Waals surface area contributed by atoms with E-state index in [0.29, 0.717) is 12.8 Å². The minimum absolute atomic E-state index is 0.0637. The number of ether oxygens (including phenoxy) is 2. The quantitative estimate of drug-likeness (QED) is 0.0465. The third-order valence-corrected chi connectivity index (χ3v) is 8.06. The van der Waals surface area contributed by atoms with Crippen molar-refractivity contribution in [1.82, 2.24) is 0 Å². The van der Waals surface area contributed by atoms with Crippen LogP contribution in [0.5, 0.6) is 0 Å². The highest BCUT2D eigenvalue weighted by Gasteiger charge is 2.16. The molecule has 1 N–H and O–H groups in total. The van der Waals surface area contributed by atoms with Crippen LogP contribution in [0.3, 0.4) is 0 Å². The Labute approximate surface area is 261 Å². The SMILES string of the molecule is CCCC/C=C/CCCCCCCC(=O)O[C@@H](CO)COC(=O)CCCCCCCCCCCCCCCCCCC. The lowest BCUT2D eigenvalue weighted by molar-refractivity contribution is -0.161. The van der Waals surface area contributed by atoms with Gasteiger partial charge in [0.15, 0.2) is 6.10 Å². The van der Waals surface area contributed by atoms with Crippen molar-refractivity contribution in [3.8, 4) is 0 Å². The first-order valence-corrected chi connectivity index (χ1v) is 18.2. The standard InChI is InChI=1S/C37H70O5/c1-3-5-7-9-11-13-15-16-17-18-19-20-22-23-25-27-29-31-36(39)41-34-35(33-38)42-37(40)32-30-28-26-24-21-14-12-10-8-6-4-2/h10,12,35,38H,3-9,11,13-34H2,1-2H3/b12-10+/t35-/m0/s1. The zero-order valence-corrected chi connectivity index (χ0v) is 28.0. The van der Waals surface area contributed by atoms with Crippen molar-refractivity contribution in [2.24, 2.45) is 0 Å². The number of allylic oxidation sites excluding steroid dienone is 2. The van der Waals surface area contributed by atoms with E-state index in [1.54, 1.807) is 0 Å². The van der Waals surface area contributed by atoms with E-state index in [9.17, 15) is 14.7 Å². The van der Waals surface area contributed by atoms with Crippen molar-refractivity contribution in [3.05, 3.63) is 12.2 Å². The first kappa shape index (κ1) is 40.6. The Balaban J connectivity index is 3.51. The molecule has 0 fully saturated rings. The predicted octanol–water partition coefficient (Wildman–Crippen LogP) is 11.0. The van der Waals surface area contributed by atoms with Gasteiger partial charge in [0.2, 0.25) is 0 Å². The molecular weight excluding hydrogens is 524 g/mol. The molecule has 5 nitrogen and oxygen atoms in total. The molecule has 248 valence electrons. The van der Waals surface area contributed by atoms with Crippen molar-refractivity contribution in [2.75, 3.05) is 13.2 Å². The van der Waals surface area contributed by atoms with Crippen LogP contribution >= 0.6 is 0 Å². The lowest BCUT2D eigenvalue weighted by atomic mass is 10.0. The summed E-state index contributed by atoms with van der Waals surface area (Å²) in [6, 6.07) is 0. The largest absolute Gasteiger partial charge is 0.462 e. The summed E-state index contributed by atoms with van der Waals surface area (Å²) < 4.78 is 10.6. The molecule has 0 unspecified atom stereocenters. The summed E-state index contributed by atoms with van der Waals surface area (Å²) in [4.78, 5) is 24.1. The highest BCUT2D eigenvalue weighted by Crippen LogP contribution is 2.15. The third-order valence-electron chi connectivity index (χ3n) is 8.06. The van der Waals surface area contributed by atoms with Crippen molar-refractivity contribution >= 4 is 11.9 Å². The Bertz CT molecular complexity index is 603. The fraction of sp³-hybridized carbons (Fsp3) is 0.892. The molecule has 0 aliphatic rings. The van der Waals surface area contributed by atoms with Crippen LogP contribution in [0.2, 0.25) is 0 Å². The van der Waals surface area contributed by atoms with E-state index < -0.39 is 6.10 Å². The Kier molecular flexibility index (Phi) is 33.0. The maximum absolute atomic E-state index is 12.1.